The summed E-state index contributed by atoms with van der Waals surface area (Å²) in [5.74, 6) is -1.51. The third kappa shape index (κ3) is 4.64. The number of piperazine rings is 1. The highest BCUT2D eigenvalue weighted by Crippen LogP contribution is 2.14. The molecule has 132 valence electrons. The molecule has 0 spiro atoms. The second kappa shape index (κ2) is 8.06. The largest absolute Gasteiger partial charge is 0.352 e. The van der Waals surface area contributed by atoms with Crippen molar-refractivity contribution in [2.24, 2.45) is 0 Å². The summed E-state index contributed by atoms with van der Waals surface area (Å²) in [6, 6.07) is 6.41. The maximum absolute atomic E-state index is 11.9. The fourth-order valence-electron chi connectivity index (χ4n) is 2.15. The normalized spacial score (nSPS) is 15.8. The number of amides is 4. The van der Waals surface area contributed by atoms with Gasteiger partial charge in [-0.05, 0) is 23.8 Å². The second-order valence-electron chi connectivity index (χ2n) is 5.33. The van der Waals surface area contributed by atoms with Crippen LogP contribution >= 0.6 is 0 Å². The van der Waals surface area contributed by atoms with E-state index in [1.807, 2.05) is 0 Å². The van der Waals surface area contributed by atoms with Crippen LogP contribution in [0, 0.1) is 0 Å². The minimum atomic E-state index is -0.591. The quantitative estimate of drug-likeness (QED) is 0.317. The highest BCUT2D eigenvalue weighted by molar-refractivity contribution is 6.05. The minimum absolute atomic E-state index is 0.0277. The lowest BCUT2D eigenvalue weighted by molar-refractivity contribution is -0.135. The molecule has 1 saturated heterocycles. The first kappa shape index (κ1) is 18.1. The van der Waals surface area contributed by atoms with E-state index in [-0.39, 0.29) is 42.9 Å². The fraction of sp³-hybridized carbons (Fsp3) is 0.250. The summed E-state index contributed by atoms with van der Waals surface area (Å²) >= 11 is 0. The number of hydrogen-bond acceptors (Lipinski definition) is 5. The Labute approximate surface area is 143 Å². The van der Waals surface area contributed by atoms with Crippen LogP contribution in [0.25, 0.3) is 6.08 Å². The van der Waals surface area contributed by atoms with Crippen molar-refractivity contribution in [3.05, 3.63) is 41.1 Å². The molecular formula is C16H18N4O5. The van der Waals surface area contributed by atoms with E-state index in [1.54, 1.807) is 30.3 Å². The van der Waals surface area contributed by atoms with E-state index in [9.17, 15) is 19.2 Å². The third-order valence-electron chi connectivity index (χ3n) is 3.61. The second-order valence-corrected chi connectivity index (χ2v) is 5.33. The van der Waals surface area contributed by atoms with Crippen molar-refractivity contribution in [2.75, 3.05) is 20.1 Å². The Bertz CT molecular complexity index is 727. The lowest BCUT2D eigenvalue weighted by Gasteiger charge is -2.25. The molecule has 9 heteroatoms. The van der Waals surface area contributed by atoms with Crippen LogP contribution in [0.15, 0.2) is 30.0 Å². The van der Waals surface area contributed by atoms with Gasteiger partial charge in [-0.25, -0.2) is 5.48 Å². The molecule has 0 atom stereocenters. The van der Waals surface area contributed by atoms with Gasteiger partial charge in [-0.1, -0.05) is 12.1 Å². The lowest BCUT2D eigenvalue weighted by Crippen LogP contribution is -2.47. The average molecular weight is 346 g/mol. The molecule has 1 aromatic rings. The van der Waals surface area contributed by atoms with Gasteiger partial charge >= 0.3 is 0 Å². The molecule has 25 heavy (non-hydrogen) atoms. The van der Waals surface area contributed by atoms with Crippen LogP contribution in [0.3, 0.4) is 0 Å². The molecule has 1 aliphatic rings. The molecule has 9 nitrogen and oxygen atoms in total. The van der Waals surface area contributed by atoms with Crippen LogP contribution in [0.2, 0.25) is 0 Å². The standard InChI is InChI=1S/C16H18N4O5/c1-20-12(16(24)18-9-14(20)22)8-10-2-4-11(5-3-10)15(23)17-7-6-13(21)19-25/h2-5,8,25H,6-7,9H2,1H3,(H,17,23)(H,18,24)(H,19,21)/b12-8-. The highest BCUT2D eigenvalue weighted by Gasteiger charge is 2.25. The van der Waals surface area contributed by atoms with Crippen molar-refractivity contribution in [3.63, 3.8) is 0 Å². The summed E-state index contributed by atoms with van der Waals surface area (Å²) in [5.41, 5.74) is 2.74. The summed E-state index contributed by atoms with van der Waals surface area (Å²) in [6.07, 6.45) is 1.52. The first-order valence-corrected chi connectivity index (χ1v) is 7.50. The van der Waals surface area contributed by atoms with Crippen LogP contribution in [-0.4, -0.2) is 53.9 Å². The molecule has 0 radical (unpaired) electrons. The van der Waals surface area contributed by atoms with Crippen molar-refractivity contribution in [1.29, 1.82) is 0 Å². The molecule has 1 aromatic carbocycles. The number of nitrogens with one attached hydrogen (secondary N) is 3. The molecule has 1 heterocycles. The molecule has 2 rings (SSSR count). The number of benzene rings is 1. The molecule has 4 N–H and O–H groups in total. The molecule has 0 aromatic heterocycles. The van der Waals surface area contributed by atoms with Gasteiger partial charge in [0.05, 0.1) is 6.54 Å². The SMILES string of the molecule is CN1C(=O)CNC(=O)/C1=C/c1ccc(C(=O)NCCC(=O)NO)cc1. The summed E-state index contributed by atoms with van der Waals surface area (Å²) in [4.78, 5) is 47.5. The Kier molecular flexibility index (Phi) is 5.85. The predicted molar refractivity (Wildman–Crippen MR) is 87.1 cm³/mol. The van der Waals surface area contributed by atoms with E-state index in [0.717, 1.165) is 0 Å². The van der Waals surface area contributed by atoms with Crippen LogP contribution < -0.4 is 16.1 Å². The van der Waals surface area contributed by atoms with Gasteiger partial charge in [0.15, 0.2) is 0 Å². The zero-order valence-electron chi connectivity index (χ0n) is 13.5. The molecule has 4 amide bonds. The number of carbonyl (C=O) groups excluding carboxylic acids is 4. The van der Waals surface area contributed by atoms with Crippen molar-refractivity contribution in [1.82, 2.24) is 21.0 Å². The van der Waals surface area contributed by atoms with Crippen LogP contribution in [0.5, 0.6) is 0 Å². The Morgan fingerprint density at radius 3 is 2.60 bits per heavy atom. The molecule has 0 saturated carbocycles. The first-order valence-electron chi connectivity index (χ1n) is 7.50. The summed E-state index contributed by atoms with van der Waals surface area (Å²) in [6.45, 7) is 0.0597. The van der Waals surface area contributed by atoms with E-state index < -0.39 is 5.91 Å². The van der Waals surface area contributed by atoms with Crippen molar-refractivity contribution >= 4 is 29.7 Å². The number of nitrogens with zero attached hydrogens (tertiary/aromatic N) is 1. The summed E-state index contributed by atoms with van der Waals surface area (Å²) < 4.78 is 0. The van der Waals surface area contributed by atoms with Gasteiger partial charge in [0.25, 0.3) is 11.8 Å². The lowest BCUT2D eigenvalue weighted by atomic mass is 10.1. The van der Waals surface area contributed by atoms with Crippen LogP contribution in [-0.2, 0) is 14.4 Å². The van der Waals surface area contributed by atoms with E-state index in [0.29, 0.717) is 11.1 Å². The van der Waals surface area contributed by atoms with E-state index >= 15 is 0 Å². The number of rotatable bonds is 5. The number of likely N-dealkylation sites (N-methyl/N-ethyl adjacent to an activating group) is 1. The minimum Gasteiger partial charge on any atom is -0.352 e. The van der Waals surface area contributed by atoms with Gasteiger partial charge in [-0.3, -0.25) is 24.4 Å². The monoisotopic (exact) mass is 346 g/mol. The highest BCUT2D eigenvalue weighted by atomic mass is 16.5. The Hall–Kier alpha value is -3.20. The Balaban J connectivity index is 2.03. The van der Waals surface area contributed by atoms with Gasteiger partial charge < -0.3 is 15.5 Å². The molecule has 0 bridgehead atoms. The predicted octanol–water partition coefficient (Wildman–Crippen LogP) is -0.759. The fourth-order valence-corrected chi connectivity index (χ4v) is 2.15. The maximum Gasteiger partial charge on any atom is 0.268 e. The third-order valence-corrected chi connectivity index (χ3v) is 3.61. The van der Waals surface area contributed by atoms with Gasteiger partial charge in [-0.15, -0.1) is 0 Å². The van der Waals surface area contributed by atoms with Crippen molar-refractivity contribution < 1.29 is 24.4 Å². The first-order chi connectivity index (χ1) is 11.9. The van der Waals surface area contributed by atoms with E-state index in [2.05, 4.69) is 10.6 Å². The Morgan fingerprint density at radius 2 is 1.96 bits per heavy atom. The molecule has 1 fully saturated rings. The number of hydroxylamine groups is 1. The average Bonchev–Trinajstić information content (AvgIpc) is 2.62. The topological polar surface area (TPSA) is 128 Å². The van der Waals surface area contributed by atoms with Gasteiger partial charge in [-0.2, -0.15) is 0 Å². The molecule has 0 unspecified atom stereocenters. The summed E-state index contributed by atoms with van der Waals surface area (Å²) in [5, 5.41) is 13.4. The van der Waals surface area contributed by atoms with E-state index in [4.69, 9.17) is 5.21 Å². The number of hydrogen-bond donors (Lipinski definition) is 4. The van der Waals surface area contributed by atoms with Gasteiger partial charge in [0.1, 0.15) is 5.70 Å². The van der Waals surface area contributed by atoms with Crippen molar-refractivity contribution in [2.45, 2.75) is 6.42 Å². The molecular weight excluding hydrogens is 328 g/mol. The van der Waals surface area contributed by atoms with Crippen LogP contribution in [0.4, 0.5) is 0 Å². The van der Waals surface area contributed by atoms with Crippen LogP contribution in [0.1, 0.15) is 22.3 Å². The Morgan fingerprint density at radius 1 is 1.28 bits per heavy atom. The van der Waals surface area contributed by atoms with Gasteiger partial charge in [0, 0.05) is 25.6 Å². The maximum atomic E-state index is 11.9. The zero-order chi connectivity index (χ0) is 18.4. The van der Waals surface area contributed by atoms with Crippen molar-refractivity contribution in [3.8, 4) is 0 Å². The van der Waals surface area contributed by atoms with Gasteiger partial charge in [0.2, 0.25) is 11.8 Å². The number of carbonyl (C=O) groups is 4. The molecule has 1 aliphatic heterocycles. The summed E-state index contributed by atoms with van der Waals surface area (Å²) in [7, 11) is 1.53. The molecule has 0 aliphatic carbocycles. The smallest absolute Gasteiger partial charge is 0.268 e. The van der Waals surface area contributed by atoms with E-state index in [1.165, 1.54) is 17.4 Å². The zero-order valence-corrected chi connectivity index (χ0v) is 13.5.